The maximum atomic E-state index is 12.9. The van der Waals surface area contributed by atoms with Crippen molar-refractivity contribution in [3.8, 4) is 0 Å². The van der Waals surface area contributed by atoms with Crippen LogP contribution >= 0.6 is 0 Å². The molecule has 0 aliphatic heterocycles. The fourth-order valence-corrected chi connectivity index (χ4v) is 7.59. The van der Waals surface area contributed by atoms with Gasteiger partial charge in [0.05, 0.1) is 14.2 Å². The van der Waals surface area contributed by atoms with Gasteiger partial charge in [0.1, 0.15) is 0 Å². The van der Waals surface area contributed by atoms with Crippen LogP contribution in [-0.2, 0) is 19.1 Å². The number of hydrogen-bond acceptors (Lipinski definition) is 4. The van der Waals surface area contributed by atoms with E-state index in [0.717, 1.165) is 96.3 Å². The van der Waals surface area contributed by atoms with Gasteiger partial charge in [0, 0.05) is 11.1 Å². The van der Waals surface area contributed by atoms with Crippen LogP contribution in [-0.4, -0.2) is 25.8 Å². The molecule has 0 N–H and O–H groups in total. The van der Waals surface area contributed by atoms with Gasteiger partial charge >= 0.3 is 0 Å². The zero-order valence-electron chi connectivity index (χ0n) is 42.8. The van der Waals surface area contributed by atoms with Crippen LogP contribution in [0.25, 0.3) is 0 Å². The van der Waals surface area contributed by atoms with E-state index in [9.17, 15) is 9.59 Å². The molecule has 1 aliphatic rings. The molecule has 4 heteroatoms. The Kier molecular flexibility index (Phi) is 30.1. The third-order valence-corrected chi connectivity index (χ3v) is 12.1. The van der Waals surface area contributed by atoms with E-state index in [1.54, 1.807) is 6.92 Å². The maximum absolute atomic E-state index is 12.9. The minimum Gasteiger partial charge on any atom is -0.489 e. The van der Waals surface area contributed by atoms with Gasteiger partial charge in [-0.15, -0.1) is 0 Å². The summed E-state index contributed by atoms with van der Waals surface area (Å²) < 4.78 is 10.3. The quantitative estimate of drug-likeness (QED) is 0.0515. The van der Waals surface area contributed by atoms with Crippen LogP contribution in [0, 0.1) is 0 Å². The van der Waals surface area contributed by atoms with E-state index in [-0.39, 0.29) is 23.1 Å². The number of hydrogen-bond donors (Lipinski definition) is 0. The molecule has 0 amide bonds. The van der Waals surface area contributed by atoms with Gasteiger partial charge < -0.3 is 9.47 Å². The highest BCUT2D eigenvalue weighted by Gasteiger charge is 2.34. The van der Waals surface area contributed by atoms with Gasteiger partial charge in [-0.1, -0.05) is 116 Å². The Bertz CT molecular complexity index is 1840. The van der Waals surface area contributed by atoms with Crippen LogP contribution in [0.15, 0.2) is 139 Å². The number of carbonyl (C=O) groups is 2. The van der Waals surface area contributed by atoms with Crippen molar-refractivity contribution >= 4 is 11.6 Å². The van der Waals surface area contributed by atoms with Crippen molar-refractivity contribution in [2.24, 2.45) is 0 Å². The zero-order chi connectivity index (χ0) is 47.2. The molecule has 0 atom stereocenters. The molecule has 0 saturated heterocycles. The average molecular weight is 863 g/mol. The van der Waals surface area contributed by atoms with E-state index < -0.39 is 0 Å². The minimum absolute atomic E-state index is 0.00667. The molecule has 0 radical (unpaired) electrons. The van der Waals surface area contributed by atoms with Crippen molar-refractivity contribution in [1.82, 2.24) is 0 Å². The monoisotopic (exact) mass is 863 g/mol. The van der Waals surface area contributed by atoms with E-state index in [1.807, 2.05) is 0 Å². The molecular weight excluding hydrogens is 773 g/mol. The summed E-state index contributed by atoms with van der Waals surface area (Å²) in [5, 5.41) is 0. The highest BCUT2D eigenvalue weighted by molar-refractivity contribution is 6.23. The summed E-state index contributed by atoms with van der Waals surface area (Å²) in [6, 6.07) is 0. The van der Waals surface area contributed by atoms with Crippen molar-refractivity contribution in [3.63, 3.8) is 0 Å². The Hall–Kier alpha value is -4.18. The number of Topliss-reactive ketones (excluding diaryl/α,β-unsaturated/α-hetero) is 2. The van der Waals surface area contributed by atoms with Gasteiger partial charge in [-0.3, -0.25) is 9.59 Å². The summed E-state index contributed by atoms with van der Waals surface area (Å²) in [4.78, 5) is 25.5. The summed E-state index contributed by atoms with van der Waals surface area (Å²) >= 11 is 0. The van der Waals surface area contributed by atoms with E-state index in [0.29, 0.717) is 17.6 Å². The maximum Gasteiger partial charge on any atom is 0.228 e. The van der Waals surface area contributed by atoms with E-state index in [2.05, 4.69) is 137 Å². The summed E-state index contributed by atoms with van der Waals surface area (Å²) in [7, 11) is 2.78. The predicted octanol–water partition coefficient (Wildman–Crippen LogP) is 17.9. The lowest BCUT2D eigenvalue weighted by molar-refractivity contribution is -0.121. The average Bonchev–Trinajstić information content (AvgIpc) is 3.21. The second-order valence-corrected chi connectivity index (χ2v) is 18.6. The van der Waals surface area contributed by atoms with Crippen molar-refractivity contribution in [1.29, 1.82) is 0 Å². The third-order valence-electron chi connectivity index (χ3n) is 12.1. The lowest BCUT2D eigenvalue weighted by Gasteiger charge is -2.19. The molecule has 0 aromatic rings. The number of allylic oxidation sites excluding steroid dienone is 22. The molecule has 4 nitrogen and oxygen atoms in total. The normalized spacial score (nSPS) is 15.9. The number of rotatable bonds is 31. The fourth-order valence-electron chi connectivity index (χ4n) is 7.59. The summed E-state index contributed by atoms with van der Waals surface area (Å²) in [5.41, 5.74) is 15.5. The lowest BCUT2D eigenvalue weighted by atomic mass is 9.90. The standard InChI is InChI=1S/C59H90O4/c1-44(2)24-15-25-45(3)26-16-27-46(4)28-17-29-47(5)30-18-31-48(6)32-19-33-49(7)34-20-35-50(8)36-21-37-51(9)38-22-39-52(10)40-23-41-53(11)42-43-55-54(12)56(60)58(62-13)59(63-14)57(55)61/h24,26,28,30,32,34,36,38,40,42H,15-23,25,27,29,31,33,35,37,39,41,43H2,1-14H3/b45-26-,46-28-,47-30-,48-32-,49-34-,50-36-,51-38-,52-40-,53-42-. The lowest BCUT2D eigenvalue weighted by Crippen LogP contribution is -2.24. The van der Waals surface area contributed by atoms with Crippen LogP contribution in [0.5, 0.6) is 0 Å². The molecule has 0 aromatic heterocycles. The number of carbonyl (C=O) groups excluding carboxylic acids is 2. The molecule has 0 fully saturated rings. The van der Waals surface area contributed by atoms with Gasteiger partial charge in [0.2, 0.25) is 23.1 Å². The predicted molar refractivity (Wildman–Crippen MR) is 275 cm³/mol. The van der Waals surface area contributed by atoms with Gasteiger partial charge in [-0.25, -0.2) is 0 Å². The van der Waals surface area contributed by atoms with E-state index in [4.69, 9.17) is 9.47 Å². The first-order chi connectivity index (χ1) is 30.0. The minimum atomic E-state index is -0.284. The molecule has 0 aromatic carbocycles. The Balaban J connectivity index is 2.31. The Morgan fingerprint density at radius 3 is 0.810 bits per heavy atom. The summed E-state index contributed by atoms with van der Waals surface area (Å²) in [6.45, 7) is 26.3. The Labute approximate surface area is 387 Å². The second kappa shape index (κ2) is 33.3. The van der Waals surface area contributed by atoms with Crippen LogP contribution in [0.3, 0.4) is 0 Å². The molecule has 63 heavy (non-hydrogen) atoms. The molecule has 1 rings (SSSR count). The van der Waals surface area contributed by atoms with E-state index >= 15 is 0 Å². The second-order valence-electron chi connectivity index (χ2n) is 18.6. The molecular formula is C59H90O4. The Morgan fingerprint density at radius 2 is 0.571 bits per heavy atom. The highest BCUT2D eigenvalue weighted by atomic mass is 16.5. The van der Waals surface area contributed by atoms with Gasteiger partial charge in [0.25, 0.3) is 0 Å². The van der Waals surface area contributed by atoms with Crippen LogP contribution in [0.2, 0.25) is 0 Å². The first-order valence-corrected chi connectivity index (χ1v) is 24.1. The van der Waals surface area contributed by atoms with Crippen molar-refractivity contribution in [3.05, 3.63) is 139 Å². The molecule has 0 heterocycles. The SMILES string of the molecule is COC1=C(OC)C(=O)C(C/C=C(/C)CC/C=C(/C)CC/C=C(/C)CC/C=C(/C)CC/C=C(/C)CC/C=C(/C)CC/C=C(/C)CC/C=C(/C)CC/C=C(/C)CCC=C(C)C)=C(C)C1=O. The molecule has 0 spiro atoms. The molecule has 0 saturated carbocycles. The molecule has 0 unspecified atom stereocenters. The van der Waals surface area contributed by atoms with Crippen LogP contribution < -0.4 is 0 Å². The van der Waals surface area contributed by atoms with E-state index in [1.165, 1.54) is 89.2 Å². The van der Waals surface area contributed by atoms with Gasteiger partial charge in [-0.05, 0) is 205 Å². The summed E-state index contributed by atoms with van der Waals surface area (Å²) in [6.07, 6.45) is 44.3. The number of ether oxygens (including phenoxy) is 2. The smallest absolute Gasteiger partial charge is 0.228 e. The first kappa shape index (κ1) is 56.8. The number of ketones is 2. The highest BCUT2D eigenvalue weighted by Crippen LogP contribution is 2.28. The first-order valence-electron chi connectivity index (χ1n) is 24.1. The van der Waals surface area contributed by atoms with Gasteiger partial charge in [0.15, 0.2) is 0 Å². The summed E-state index contributed by atoms with van der Waals surface area (Å²) in [5.74, 6) is -0.572. The van der Waals surface area contributed by atoms with Crippen LogP contribution in [0.4, 0.5) is 0 Å². The van der Waals surface area contributed by atoms with Gasteiger partial charge in [-0.2, -0.15) is 0 Å². The molecule has 350 valence electrons. The number of methoxy groups -OCH3 is 2. The Morgan fingerprint density at radius 1 is 0.349 bits per heavy atom. The van der Waals surface area contributed by atoms with Crippen molar-refractivity contribution in [2.45, 2.75) is 205 Å². The van der Waals surface area contributed by atoms with Crippen LogP contribution in [0.1, 0.15) is 205 Å². The third kappa shape index (κ3) is 26.3. The molecule has 0 bridgehead atoms. The largest absolute Gasteiger partial charge is 0.489 e. The van der Waals surface area contributed by atoms with Crippen molar-refractivity contribution < 1.29 is 19.1 Å². The fraction of sp³-hybridized carbons (Fsp3) is 0.559. The molecule has 1 aliphatic carbocycles. The topological polar surface area (TPSA) is 52.6 Å². The van der Waals surface area contributed by atoms with Crippen molar-refractivity contribution in [2.75, 3.05) is 14.2 Å². The zero-order valence-corrected chi connectivity index (χ0v) is 42.8.